The van der Waals surface area contributed by atoms with Crippen LogP contribution in [0.2, 0.25) is 0 Å². The van der Waals surface area contributed by atoms with E-state index in [2.05, 4.69) is 37.5 Å². The maximum atomic E-state index is 5.11. The molecule has 0 fully saturated rings. The van der Waals surface area contributed by atoms with Gasteiger partial charge in [0.2, 0.25) is 4.77 Å². The zero-order valence-corrected chi connectivity index (χ0v) is 11.0. The Hall–Kier alpha value is -1.53. The molecule has 0 spiro atoms. The summed E-state index contributed by atoms with van der Waals surface area (Å²) in [6.45, 7) is 0. The van der Waals surface area contributed by atoms with Crippen molar-refractivity contribution in [3.63, 3.8) is 0 Å². The molecule has 0 saturated carbocycles. The van der Waals surface area contributed by atoms with E-state index in [1.807, 2.05) is 30.3 Å². The normalized spacial score (nSPS) is 10.9. The molecule has 2 aromatic carbocycles. The van der Waals surface area contributed by atoms with Crippen molar-refractivity contribution in [1.29, 1.82) is 0 Å². The minimum Gasteiger partial charge on any atom is -0.209 e. The summed E-state index contributed by atoms with van der Waals surface area (Å²) in [5.41, 5.74) is 0.943. The number of benzene rings is 2. The first-order valence-electron chi connectivity index (χ1n) is 4.95. The number of halogens is 1. The maximum absolute atomic E-state index is 5.11. The fraction of sp³-hybridized carbons (Fsp3) is 0. The van der Waals surface area contributed by atoms with Crippen molar-refractivity contribution in [3.05, 3.63) is 45.6 Å². The van der Waals surface area contributed by atoms with Crippen LogP contribution in [-0.4, -0.2) is 20.2 Å². The molecule has 0 atom stereocenters. The quantitative estimate of drug-likeness (QED) is 0.702. The molecule has 0 saturated heterocycles. The van der Waals surface area contributed by atoms with Gasteiger partial charge in [0.15, 0.2) is 0 Å². The summed E-state index contributed by atoms with van der Waals surface area (Å²) in [7, 11) is 0. The fourth-order valence-corrected chi connectivity index (χ4v) is 2.45. The molecule has 0 radical (unpaired) electrons. The molecule has 1 aromatic heterocycles. The smallest absolute Gasteiger partial charge is 0.209 e. The second-order valence-electron chi connectivity index (χ2n) is 3.53. The average Bonchev–Trinajstić information content (AvgIpc) is 2.77. The summed E-state index contributed by atoms with van der Waals surface area (Å²) >= 11 is 8.65. The Morgan fingerprint density at radius 1 is 1.12 bits per heavy atom. The lowest BCUT2D eigenvalue weighted by Gasteiger charge is -2.07. The summed E-state index contributed by atoms with van der Waals surface area (Å²) in [5, 5.41) is 12.5. The molecule has 3 rings (SSSR count). The van der Waals surface area contributed by atoms with Crippen molar-refractivity contribution >= 4 is 38.9 Å². The summed E-state index contributed by atoms with van der Waals surface area (Å²) < 4.78 is 3.15. The SMILES string of the molecule is S=c1nn[nH]n1-c1ccc(Br)c2ccccc12. The van der Waals surface area contributed by atoms with Crippen molar-refractivity contribution in [2.24, 2.45) is 0 Å². The average molecular weight is 307 g/mol. The van der Waals surface area contributed by atoms with E-state index >= 15 is 0 Å². The Balaban J connectivity index is 2.43. The highest BCUT2D eigenvalue weighted by Gasteiger charge is 2.07. The van der Waals surface area contributed by atoms with Gasteiger partial charge in [0.25, 0.3) is 0 Å². The van der Waals surface area contributed by atoms with Crippen LogP contribution in [0.15, 0.2) is 40.9 Å². The van der Waals surface area contributed by atoms with Crippen LogP contribution in [-0.2, 0) is 0 Å². The van der Waals surface area contributed by atoms with Gasteiger partial charge in [-0.05, 0) is 29.7 Å². The Bertz CT molecular complexity index is 746. The van der Waals surface area contributed by atoms with E-state index in [-0.39, 0.29) is 0 Å². The van der Waals surface area contributed by atoms with E-state index in [0.717, 1.165) is 20.9 Å². The Morgan fingerprint density at radius 2 is 1.88 bits per heavy atom. The molecule has 4 nitrogen and oxygen atoms in total. The van der Waals surface area contributed by atoms with Crippen molar-refractivity contribution in [3.8, 4) is 5.69 Å². The number of rotatable bonds is 1. The van der Waals surface area contributed by atoms with Gasteiger partial charge in [0.1, 0.15) is 0 Å². The number of tetrazole rings is 1. The zero-order valence-electron chi connectivity index (χ0n) is 8.59. The third-order valence-corrected chi connectivity index (χ3v) is 3.52. The molecule has 1 heterocycles. The lowest BCUT2D eigenvalue weighted by molar-refractivity contribution is 0.790. The van der Waals surface area contributed by atoms with E-state index in [9.17, 15) is 0 Å². The second kappa shape index (κ2) is 4.05. The van der Waals surface area contributed by atoms with Gasteiger partial charge in [-0.1, -0.05) is 50.5 Å². The van der Waals surface area contributed by atoms with Crippen LogP contribution < -0.4 is 0 Å². The van der Waals surface area contributed by atoms with E-state index in [1.54, 1.807) is 4.68 Å². The van der Waals surface area contributed by atoms with E-state index < -0.39 is 0 Å². The van der Waals surface area contributed by atoms with Crippen LogP contribution in [0, 0.1) is 4.77 Å². The molecule has 17 heavy (non-hydrogen) atoms. The number of hydrogen-bond donors (Lipinski definition) is 1. The van der Waals surface area contributed by atoms with Crippen molar-refractivity contribution in [1.82, 2.24) is 20.2 Å². The van der Waals surface area contributed by atoms with Gasteiger partial charge in [0, 0.05) is 9.86 Å². The van der Waals surface area contributed by atoms with Crippen LogP contribution in [0.5, 0.6) is 0 Å². The second-order valence-corrected chi connectivity index (χ2v) is 4.75. The highest BCUT2D eigenvalue weighted by atomic mass is 79.9. The van der Waals surface area contributed by atoms with E-state index in [1.165, 1.54) is 0 Å². The number of fused-ring (bicyclic) bond motifs is 1. The molecular weight excluding hydrogens is 300 g/mol. The third-order valence-electron chi connectivity index (χ3n) is 2.56. The molecule has 0 aliphatic carbocycles. The van der Waals surface area contributed by atoms with Gasteiger partial charge in [-0.25, -0.2) is 4.68 Å². The van der Waals surface area contributed by atoms with Gasteiger partial charge < -0.3 is 0 Å². The van der Waals surface area contributed by atoms with Gasteiger partial charge in [0.05, 0.1) is 5.69 Å². The van der Waals surface area contributed by atoms with Gasteiger partial charge in [-0.2, -0.15) is 5.21 Å². The first-order valence-corrected chi connectivity index (χ1v) is 6.15. The molecule has 0 aliphatic heterocycles. The molecule has 6 heteroatoms. The Morgan fingerprint density at radius 3 is 2.59 bits per heavy atom. The highest BCUT2D eigenvalue weighted by molar-refractivity contribution is 9.10. The molecule has 84 valence electrons. The summed E-state index contributed by atoms with van der Waals surface area (Å²) in [4.78, 5) is 0. The standard InChI is InChI=1S/C11H7BrN4S/c12-9-5-6-10(16-11(17)13-14-15-16)8-4-2-1-3-7(8)9/h1-6H,(H,13,15,17). The minimum atomic E-state index is 0.414. The summed E-state index contributed by atoms with van der Waals surface area (Å²) in [5.74, 6) is 0. The largest absolute Gasteiger partial charge is 0.242 e. The van der Waals surface area contributed by atoms with E-state index in [4.69, 9.17) is 12.2 Å². The molecule has 0 bridgehead atoms. The summed E-state index contributed by atoms with van der Waals surface area (Å²) in [6, 6.07) is 12.0. The first-order chi connectivity index (χ1) is 8.27. The number of nitrogens with zero attached hydrogens (tertiary/aromatic N) is 3. The summed E-state index contributed by atoms with van der Waals surface area (Å²) in [6.07, 6.45) is 0. The topological polar surface area (TPSA) is 46.5 Å². The van der Waals surface area contributed by atoms with Crippen molar-refractivity contribution < 1.29 is 0 Å². The Kier molecular flexibility index (Phi) is 2.53. The molecule has 0 amide bonds. The Labute approximate surface area is 110 Å². The van der Waals surface area contributed by atoms with Gasteiger partial charge in [-0.3, -0.25) is 0 Å². The number of aromatic nitrogens is 4. The molecule has 0 aliphatic rings. The monoisotopic (exact) mass is 306 g/mol. The molecule has 1 N–H and O–H groups in total. The number of nitrogens with one attached hydrogen (secondary N) is 1. The lowest BCUT2D eigenvalue weighted by Crippen LogP contribution is -1.98. The van der Waals surface area contributed by atoms with Crippen LogP contribution in [0.25, 0.3) is 16.5 Å². The van der Waals surface area contributed by atoms with Gasteiger partial charge in [-0.15, -0.1) is 0 Å². The number of hydrogen-bond acceptors (Lipinski definition) is 3. The first kappa shape index (κ1) is 10.6. The van der Waals surface area contributed by atoms with Crippen molar-refractivity contribution in [2.45, 2.75) is 0 Å². The maximum Gasteiger partial charge on any atom is 0.242 e. The lowest BCUT2D eigenvalue weighted by atomic mass is 10.1. The molecule has 0 unspecified atom stereocenters. The van der Waals surface area contributed by atoms with Gasteiger partial charge >= 0.3 is 0 Å². The predicted octanol–water partition coefficient (Wildman–Crippen LogP) is 3.24. The van der Waals surface area contributed by atoms with Crippen LogP contribution in [0.4, 0.5) is 0 Å². The van der Waals surface area contributed by atoms with Crippen LogP contribution in [0.1, 0.15) is 0 Å². The predicted molar refractivity (Wildman–Crippen MR) is 71.7 cm³/mol. The van der Waals surface area contributed by atoms with E-state index in [0.29, 0.717) is 4.77 Å². The molecule has 3 aromatic rings. The zero-order chi connectivity index (χ0) is 11.8. The van der Waals surface area contributed by atoms with Crippen LogP contribution in [0.3, 0.4) is 0 Å². The van der Waals surface area contributed by atoms with Crippen LogP contribution >= 0.6 is 28.1 Å². The number of aromatic amines is 1. The fourth-order valence-electron chi connectivity index (χ4n) is 1.80. The number of H-pyrrole nitrogens is 1. The third kappa shape index (κ3) is 1.69. The minimum absolute atomic E-state index is 0.414. The van der Waals surface area contributed by atoms with Crippen molar-refractivity contribution in [2.75, 3.05) is 0 Å². The highest BCUT2D eigenvalue weighted by Crippen LogP contribution is 2.28. The molecular formula is C11H7BrN4S.